The highest BCUT2D eigenvalue weighted by Gasteiger charge is 2.20. The summed E-state index contributed by atoms with van der Waals surface area (Å²) in [6.07, 6.45) is 0.0122. The zero-order valence-corrected chi connectivity index (χ0v) is 22.0. The third-order valence-electron chi connectivity index (χ3n) is 4.82. The fourth-order valence-electron chi connectivity index (χ4n) is 3.09. The van der Waals surface area contributed by atoms with Crippen molar-refractivity contribution in [2.45, 2.75) is 25.6 Å². The number of guanidine groups is 1. The van der Waals surface area contributed by atoms with Gasteiger partial charge in [-0.2, -0.15) is 0 Å². The molecular weight excluding hydrogens is 513 g/mol. The molecule has 0 radical (unpaired) electrons. The maximum atomic E-state index is 5.55. The molecule has 0 aliphatic heterocycles. The lowest BCUT2D eigenvalue weighted by molar-refractivity contribution is 0.119. The van der Waals surface area contributed by atoms with Crippen molar-refractivity contribution in [3.05, 3.63) is 45.9 Å². The van der Waals surface area contributed by atoms with Crippen LogP contribution in [0.5, 0.6) is 5.75 Å². The molecule has 0 saturated carbocycles. The summed E-state index contributed by atoms with van der Waals surface area (Å²) in [4.78, 5) is 13.4. The predicted molar refractivity (Wildman–Crippen MR) is 135 cm³/mol. The van der Waals surface area contributed by atoms with Gasteiger partial charge in [0.1, 0.15) is 16.9 Å². The van der Waals surface area contributed by atoms with E-state index in [1.165, 1.54) is 0 Å². The van der Waals surface area contributed by atoms with Crippen LogP contribution in [0.25, 0.3) is 0 Å². The van der Waals surface area contributed by atoms with Gasteiger partial charge in [-0.05, 0) is 27.1 Å². The van der Waals surface area contributed by atoms with Crippen LogP contribution in [0.3, 0.4) is 0 Å². The molecule has 0 aliphatic rings. The Morgan fingerprint density at radius 1 is 1.23 bits per heavy atom. The number of methoxy groups -OCH3 is 2. The highest BCUT2D eigenvalue weighted by molar-refractivity contribution is 14.0. The number of aromatic nitrogens is 1. The van der Waals surface area contributed by atoms with Crippen molar-refractivity contribution >= 4 is 41.3 Å². The van der Waals surface area contributed by atoms with E-state index >= 15 is 0 Å². The molecule has 0 saturated heterocycles. The van der Waals surface area contributed by atoms with E-state index in [4.69, 9.17) is 9.47 Å². The van der Waals surface area contributed by atoms with Crippen molar-refractivity contribution in [3.63, 3.8) is 0 Å². The Bertz CT molecular complexity index is 799. The molecule has 0 spiro atoms. The number of hydrogen-bond donors (Lipinski definition) is 1. The largest absolute Gasteiger partial charge is 0.496 e. The van der Waals surface area contributed by atoms with Gasteiger partial charge in [0.25, 0.3) is 0 Å². The van der Waals surface area contributed by atoms with Gasteiger partial charge in [-0.3, -0.25) is 4.99 Å². The topological polar surface area (TPSA) is 62.2 Å². The smallest absolute Gasteiger partial charge is 0.193 e. The number of likely N-dealkylation sites (N-methyl/N-ethyl adjacent to an activating group) is 1. The summed E-state index contributed by atoms with van der Waals surface area (Å²) in [5, 5.41) is 6.56. The van der Waals surface area contributed by atoms with Crippen molar-refractivity contribution in [1.82, 2.24) is 20.1 Å². The molecule has 0 fully saturated rings. The number of hydrogen-bond acceptors (Lipinski definition) is 6. The Hall–Kier alpha value is -1.43. The average molecular weight is 548 g/mol. The number of benzene rings is 1. The Morgan fingerprint density at radius 2 is 1.93 bits per heavy atom. The van der Waals surface area contributed by atoms with Gasteiger partial charge in [-0.1, -0.05) is 18.2 Å². The van der Waals surface area contributed by atoms with E-state index in [-0.39, 0.29) is 36.1 Å². The van der Waals surface area contributed by atoms with Crippen molar-refractivity contribution < 1.29 is 9.47 Å². The quantitative estimate of drug-likeness (QED) is 0.293. The van der Waals surface area contributed by atoms with Gasteiger partial charge in [0.2, 0.25) is 0 Å². The zero-order valence-electron chi connectivity index (χ0n) is 18.9. The fourth-order valence-corrected chi connectivity index (χ4v) is 3.93. The summed E-state index contributed by atoms with van der Waals surface area (Å²) in [5.41, 5.74) is 2.15. The van der Waals surface area contributed by atoms with E-state index in [2.05, 4.69) is 50.6 Å². The maximum Gasteiger partial charge on any atom is 0.193 e. The van der Waals surface area contributed by atoms with Gasteiger partial charge in [-0.25, -0.2) is 4.98 Å². The van der Waals surface area contributed by atoms with E-state index in [1.807, 2.05) is 32.2 Å². The standard InChI is InChI=1S/C21H33N5O2S.HI/c1-15(27-6)20-24-16(14-29-20)13-26(5)21(22-2)23-12-18(25(3)4)17-10-8-9-11-19(17)28-7;/h8-11,14-15,18H,12-13H2,1-7H3,(H,22,23);1H. The lowest BCUT2D eigenvalue weighted by Gasteiger charge is -2.29. The molecule has 1 aromatic carbocycles. The van der Waals surface area contributed by atoms with Gasteiger partial charge in [-0.15, -0.1) is 35.3 Å². The van der Waals surface area contributed by atoms with Crippen LogP contribution in [-0.4, -0.2) is 69.7 Å². The summed E-state index contributed by atoms with van der Waals surface area (Å²) < 4.78 is 10.9. The molecule has 0 bridgehead atoms. The molecule has 1 N–H and O–H groups in total. The minimum Gasteiger partial charge on any atom is -0.496 e. The van der Waals surface area contributed by atoms with Crippen molar-refractivity contribution in [3.8, 4) is 5.75 Å². The third kappa shape index (κ3) is 7.07. The SMILES string of the molecule is CN=C(NCC(c1ccccc1OC)N(C)C)N(C)Cc1csc(C(C)OC)n1.I. The van der Waals surface area contributed by atoms with E-state index in [0.29, 0.717) is 13.1 Å². The number of halogens is 1. The van der Waals surface area contributed by atoms with E-state index in [1.54, 1.807) is 32.6 Å². The van der Waals surface area contributed by atoms with Crippen LogP contribution in [0.1, 0.15) is 35.3 Å². The normalized spacial score (nSPS) is 13.5. The van der Waals surface area contributed by atoms with E-state index in [0.717, 1.165) is 28.0 Å². The molecule has 168 valence electrons. The Balaban J connectivity index is 0.00000450. The molecule has 2 atom stereocenters. The molecule has 2 rings (SSSR count). The van der Waals surface area contributed by atoms with Crippen LogP contribution in [0.2, 0.25) is 0 Å². The molecular formula is C21H34IN5O2S. The van der Waals surface area contributed by atoms with Gasteiger partial charge < -0.3 is 24.6 Å². The summed E-state index contributed by atoms with van der Waals surface area (Å²) in [7, 11) is 11.4. The van der Waals surface area contributed by atoms with Crippen LogP contribution in [-0.2, 0) is 11.3 Å². The first-order valence-corrected chi connectivity index (χ1v) is 10.5. The molecule has 1 aromatic heterocycles. The first-order chi connectivity index (χ1) is 13.9. The van der Waals surface area contributed by atoms with Crippen LogP contribution >= 0.6 is 35.3 Å². The van der Waals surface area contributed by atoms with Crippen LogP contribution < -0.4 is 10.1 Å². The number of rotatable bonds is 9. The lowest BCUT2D eigenvalue weighted by atomic mass is 10.0. The van der Waals surface area contributed by atoms with Crippen molar-refractivity contribution in [2.24, 2.45) is 4.99 Å². The Labute approximate surface area is 201 Å². The molecule has 0 amide bonds. The summed E-state index contributed by atoms with van der Waals surface area (Å²) in [6, 6.07) is 8.27. The predicted octanol–water partition coefficient (Wildman–Crippen LogP) is 3.79. The number of ether oxygens (including phenoxy) is 2. The van der Waals surface area contributed by atoms with Crippen LogP contribution in [0.15, 0.2) is 34.6 Å². The average Bonchev–Trinajstić information content (AvgIpc) is 3.18. The van der Waals surface area contributed by atoms with Crippen molar-refractivity contribution in [1.29, 1.82) is 0 Å². The summed E-state index contributed by atoms with van der Waals surface area (Å²) in [6.45, 7) is 3.38. The fraction of sp³-hybridized carbons (Fsp3) is 0.524. The number of nitrogens with zero attached hydrogens (tertiary/aromatic N) is 4. The van der Waals surface area contributed by atoms with E-state index < -0.39 is 0 Å². The van der Waals surface area contributed by atoms with Crippen molar-refractivity contribution in [2.75, 3.05) is 49.0 Å². The molecule has 0 aliphatic carbocycles. The third-order valence-corrected chi connectivity index (χ3v) is 5.87. The van der Waals surface area contributed by atoms with Crippen LogP contribution in [0.4, 0.5) is 0 Å². The van der Waals surface area contributed by atoms with Gasteiger partial charge in [0, 0.05) is 38.7 Å². The Kier molecular flexibility index (Phi) is 11.6. The van der Waals surface area contributed by atoms with Gasteiger partial charge >= 0.3 is 0 Å². The lowest BCUT2D eigenvalue weighted by Crippen LogP contribution is -2.42. The molecule has 30 heavy (non-hydrogen) atoms. The Morgan fingerprint density at radius 3 is 2.53 bits per heavy atom. The van der Waals surface area contributed by atoms with Gasteiger partial charge in [0.15, 0.2) is 5.96 Å². The zero-order chi connectivity index (χ0) is 21.4. The maximum absolute atomic E-state index is 5.55. The summed E-state index contributed by atoms with van der Waals surface area (Å²) in [5.74, 6) is 1.71. The molecule has 1 heterocycles. The number of nitrogens with one attached hydrogen (secondary N) is 1. The number of thiazole rings is 1. The second-order valence-electron chi connectivity index (χ2n) is 7.06. The second kappa shape index (κ2) is 13.1. The van der Waals surface area contributed by atoms with Gasteiger partial charge in [0.05, 0.1) is 25.4 Å². The summed E-state index contributed by atoms with van der Waals surface area (Å²) >= 11 is 1.62. The monoisotopic (exact) mass is 547 g/mol. The minimum atomic E-state index is 0. The minimum absolute atomic E-state index is 0. The molecule has 9 heteroatoms. The second-order valence-corrected chi connectivity index (χ2v) is 7.95. The molecule has 2 unspecified atom stereocenters. The highest BCUT2D eigenvalue weighted by Crippen LogP contribution is 2.27. The van der Waals surface area contributed by atoms with Crippen LogP contribution in [0, 0.1) is 0 Å². The molecule has 7 nitrogen and oxygen atoms in total. The first-order valence-electron chi connectivity index (χ1n) is 9.59. The number of aliphatic imine (C=N–C) groups is 1. The molecule has 2 aromatic rings. The highest BCUT2D eigenvalue weighted by atomic mass is 127. The van der Waals surface area contributed by atoms with E-state index in [9.17, 15) is 0 Å². The number of para-hydroxylation sites is 1. The first kappa shape index (κ1) is 26.6.